The van der Waals surface area contributed by atoms with Gasteiger partial charge in [0.05, 0.1) is 10.7 Å². The highest BCUT2D eigenvalue weighted by Crippen LogP contribution is 2.28. The molecule has 0 aromatic rings. The summed E-state index contributed by atoms with van der Waals surface area (Å²) >= 11 is 6.14. The molecule has 0 bridgehead atoms. The smallest absolute Gasteiger partial charge is 0.0633 e. The number of likely N-dealkylation sites (tertiary alicyclic amines) is 1. The van der Waals surface area contributed by atoms with Crippen LogP contribution in [-0.2, 0) is 0 Å². The van der Waals surface area contributed by atoms with E-state index in [1.54, 1.807) is 6.08 Å². The van der Waals surface area contributed by atoms with Crippen molar-refractivity contribution >= 4 is 11.6 Å². The monoisotopic (exact) mass is 239 g/mol. The van der Waals surface area contributed by atoms with E-state index in [0.717, 1.165) is 30.6 Å². The lowest BCUT2D eigenvalue weighted by molar-refractivity contribution is 0.183. The Morgan fingerprint density at radius 1 is 1.38 bits per heavy atom. The first-order valence-corrected chi connectivity index (χ1v) is 6.37. The average Bonchev–Trinajstić information content (AvgIpc) is 2.30. The van der Waals surface area contributed by atoms with Crippen molar-refractivity contribution in [3.8, 4) is 0 Å². The lowest BCUT2D eigenvalue weighted by Crippen LogP contribution is -2.36. The number of hydrogen-bond donors (Lipinski definition) is 0. The zero-order chi connectivity index (χ0) is 12.1. The van der Waals surface area contributed by atoms with Crippen LogP contribution in [0.1, 0.15) is 26.7 Å². The van der Waals surface area contributed by atoms with E-state index in [1.807, 2.05) is 6.08 Å². The standard InChI is InChI=1S/C14H22ClN/c1-5-13(15)14(6-2)16-9-7-8-12(10-16)11(3)4/h5-6,11-12H,1-2,7-10H2,3-4H3/b14-13-. The highest BCUT2D eigenvalue weighted by Gasteiger charge is 2.23. The second-order valence-corrected chi connectivity index (χ2v) is 5.14. The molecular formula is C14H22ClN. The van der Waals surface area contributed by atoms with Gasteiger partial charge < -0.3 is 4.90 Å². The number of rotatable bonds is 4. The first kappa shape index (κ1) is 13.4. The summed E-state index contributed by atoms with van der Waals surface area (Å²) in [6, 6.07) is 0. The van der Waals surface area contributed by atoms with Crippen molar-refractivity contribution in [1.82, 2.24) is 4.90 Å². The number of hydrogen-bond acceptors (Lipinski definition) is 1. The Hall–Kier alpha value is -0.690. The molecule has 1 aliphatic rings. The van der Waals surface area contributed by atoms with E-state index in [2.05, 4.69) is 31.9 Å². The van der Waals surface area contributed by atoms with E-state index >= 15 is 0 Å². The van der Waals surface area contributed by atoms with Crippen LogP contribution in [0.3, 0.4) is 0 Å². The van der Waals surface area contributed by atoms with Crippen molar-refractivity contribution in [2.75, 3.05) is 13.1 Å². The molecule has 0 radical (unpaired) electrons. The molecule has 0 spiro atoms. The Morgan fingerprint density at radius 3 is 2.56 bits per heavy atom. The Morgan fingerprint density at radius 2 is 2.06 bits per heavy atom. The molecule has 1 heterocycles. The summed E-state index contributed by atoms with van der Waals surface area (Å²) in [6.07, 6.45) is 6.09. The molecule has 0 amide bonds. The number of halogens is 1. The topological polar surface area (TPSA) is 3.24 Å². The van der Waals surface area contributed by atoms with E-state index in [1.165, 1.54) is 12.8 Å². The molecule has 16 heavy (non-hydrogen) atoms. The van der Waals surface area contributed by atoms with Crippen LogP contribution in [0.5, 0.6) is 0 Å². The van der Waals surface area contributed by atoms with Crippen LogP contribution in [0, 0.1) is 11.8 Å². The van der Waals surface area contributed by atoms with Crippen molar-refractivity contribution in [1.29, 1.82) is 0 Å². The molecule has 1 unspecified atom stereocenters. The summed E-state index contributed by atoms with van der Waals surface area (Å²) in [6.45, 7) is 14.3. The minimum atomic E-state index is 0.708. The third-order valence-corrected chi connectivity index (χ3v) is 3.71. The molecule has 1 rings (SSSR count). The van der Waals surface area contributed by atoms with Crippen LogP contribution in [0.15, 0.2) is 36.0 Å². The van der Waals surface area contributed by atoms with Gasteiger partial charge in [0.25, 0.3) is 0 Å². The van der Waals surface area contributed by atoms with Crippen molar-refractivity contribution in [2.24, 2.45) is 11.8 Å². The highest BCUT2D eigenvalue weighted by molar-refractivity contribution is 6.31. The molecule has 0 N–H and O–H groups in total. The normalized spacial score (nSPS) is 23.0. The SMILES string of the molecule is C=C/C(Cl)=C(\C=C)N1CCCC(C(C)C)C1. The molecule has 1 aliphatic heterocycles. The summed E-state index contributed by atoms with van der Waals surface area (Å²) in [5, 5.41) is 0.708. The summed E-state index contributed by atoms with van der Waals surface area (Å²) < 4.78 is 0. The zero-order valence-electron chi connectivity index (χ0n) is 10.4. The molecule has 0 aliphatic carbocycles. The van der Waals surface area contributed by atoms with E-state index in [0.29, 0.717) is 5.03 Å². The Kier molecular flexibility index (Phi) is 5.14. The van der Waals surface area contributed by atoms with Crippen LogP contribution in [0.2, 0.25) is 0 Å². The third-order valence-electron chi connectivity index (χ3n) is 3.36. The van der Waals surface area contributed by atoms with Crippen molar-refractivity contribution < 1.29 is 0 Å². The second kappa shape index (κ2) is 6.15. The van der Waals surface area contributed by atoms with Gasteiger partial charge in [-0.1, -0.05) is 38.6 Å². The van der Waals surface area contributed by atoms with E-state index in [9.17, 15) is 0 Å². The molecule has 1 fully saturated rings. The van der Waals surface area contributed by atoms with Crippen LogP contribution in [0.25, 0.3) is 0 Å². The largest absolute Gasteiger partial charge is 0.370 e. The fourth-order valence-electron chi connectivity index (χ4n) is 2.26. The van der Waals surface area contributed by atoms with Crippen molar-refractivity contribution in [3.63, 3.8) is 0 Å². The van der Waals surface area contributed by atoms with Gasteiger partial charge in [-0.15, -0.1) is 0 Å². The van der Waals surface area contributed by atoms with Crippen LogP contribution >= 0.6 is 11.6 Å². The Balaban J connectivity index is 2.79. The maximum Gasteiger partial charge on any atom is 0.0633 e. The van der Waals surface area contributed by atoms with Crippen molar-refractivity contribution in [3.05, 3.63) is 36.0 Å². The minimum Gasteiger partial charge on any atom is -0.370 e. The lowest BCUT2D eigenvalue weighted by Gasteiger charge is -2.37. The van der Waals surface area contributed by atoms with Crippen LogP contribution < -0.4 is 0 Å². The first-order chi connectivity index (χ1) is 7.60. The maximum atomic E-state index is 6.14. The first-order valence-electron chi connectivity index (χ1n) is 5.99. The predicted octanol–water partition coefficient (Wildman–Crippen LogP) is 4.18. The van der Waals surface area contributed by atoms with E-state index < -0.39 is 0 Å². The van der Waals surface area contributed by atoms with Gasteiger partial charge in [-0.2, -0.15) is 0 Å². The molecule has 1 nitrogen and oxygen atoms in total. The summed E-state index contributed by atoms with van der Waals surface area (Å²) in [5.41, 5.74) is 1.03. The number of allylic oxidation sites excluding steroid dienone is 3. The number of nitrogens with zero attached hydrogens (tertiary/aromatic N) is 1. The Labute approximate surface area is 104 Å². The molecule has 0 saturated carbocycles. The molecule has 1 saturated heterocycles. The van der Waals surface area contributed by atoms with E-state index in [4.69, 9.17) is 11.6 Å². The van der Waals surface area contributed by atoms with Gasteiger partial charge in [0.15, 0.2) is 0 Å². The van der Waals surface area contributed by atoms with Crippen LogP contribution in [0.4, 0.5) is 0 Å². The predicted molar refractivity (Wildman–Crippen MR) is 72.4 cm³/mol. The van der Waals surface area contributed by atoms with Gasteiger partial charge in [-0.25, -0.2) is 0 Å². The average molecular weight is 240 g/mol. The quantitative estimate of drug-likeness (QED) is 0.666. The van der Waals surface area contributed by atoms with Gasteiger partial charge in [0.1, 0.15) is 0 Å². The van der Waals surface area contributed by atoms with Gasteiger partial charge >= 0.3 is 0 Å². The fraction of sp³-hybridized carbons (Fsp3) is 0.571. The molecule has 90 valence electrons. The number of piperidine rings is 1. The van der Waals surface area contributed by atoms with Gasteiger partial charge in [-0.05, 0) is 36.8 Å². The maximum absolute atomic E-state index is 6.14. The minimum absolute atomic E-state index is 0.708. The Bertz CT molecular complexity index is 291. The molecule has 0 aromatic carbocycles. The van der Waals surface area contributed by atoms with E-state index in [-0.39, 0.29) is 0 Å². The zero-order valence-corrected chi connectivity index (χ0v) is 11.1. The molecule has 2 heteroatoms. The summed E-state index contributed by atoms with van der Waals surface area (Å²) in [7, 11) is 0. The second-order valence-electron chi connectivity index (χ2n) is 4.73. The summed E-state index contributed by atoms with van der Waals surface area (Å²) in [4.78, 5) is 2.34. The van der Waals surface area contributed by atoms with Crippen molar-refractivity contribution in [2.45, 2.75) is 26.7 Å². The van der Waals surface area contributed by atoms with Crippen LogP contribution in [-0.4, -0.2) is 18.0 Å². The third kappa shape index (κ3) is 3.15. The summed E-state index contributed by atoms with van der Waals surface area (Å²) in [5.74, 6) is 1.49. The molecule has 0 aromatic heterocycles. The highest BCUT2D eigenvalue weighted by atomic mass is 35.5. The van der Waals surface area contributed by atoms with Gasteiger partial charge in [0, 0.05) is 13.1 Å². The van der Waals surface area contributed by atoms with Gasteiger partial charge in [-0.3, -0.25) is 0 Å². The molecule has 1 atom stereocenters. The fourth-order valence-corrected chi connectivity index (χ4v) is 2.45. The van der Waals surface area contributed by atoms with Gasteiger partial charge in [0.2, 0.25) is 0 Å². The molecular weight excluding hydrogens is 218 g/mol. The lowest BCUT2D eigenvalue weighted by atomic mass is 9.87.